The second-order valence-electron chi connectivity index (χ2n) is 6.18. The summed E-state index contributed by atoms with van der Waals surface area (Å²) in [7, 11) is 0. The van der Waals surface area contributed by atoms with Gasteiger partial charge in [-0.25, -0.2) is 8.78 Å². The van der Waals surface area contributed by atoms with Crippen LogP contribution in [0.1, 0.15) is 57.8 Å². The summed E-state index contributed by atoms with van der Waals surface area (Å²) in [5.74, 6) is -2.88. The van der Waals surface area contributed by atoms with Gasteiger partial charge in [0.05, 0.1) is 6.61 Å². The highest BCUT2D eigenvalue weighted by Gasteiger charge is 2.39. The summed E-state index contributed by atoms with van der Waals surface area (Å²) in [6.07, 6.45) is 5.59. The molecule has 3 nitrogen and oxygen atoms in total. The van der Waals surface area contributed by atoms with Crippen molar-refractivity contribution >= 4 is 5.91 Å². The molecule has 20 heavy (non-hydrogen) atoms. The fourth-order valence-electron chi connectivity index (χ4n) is 3.49. The Hall–Kier alpha value is -0.710. The van der Waals surface area contributed by atoms with Gasteiger partial charge < -0.3 is 10.0 Å². The highest BCUT2D eigenvalue weighted by Crippen LogP contribution is 2.37. The van der Waals surface area contributed by atoms with Gasteiger partial charge in [0.15, 0.2) is 0 Å². The SMILES string of the molecule is O=C(C1CCC(F)(F)CC1)N(CCO)C1CCCCC1. The summed E-state index contributed by atoms with van der Waals surface area (Å²) in [6.45, 7) is 0.293. The molecule has 0 spiro atoms. The van der Waals surface area contributed by atoms with Crippen molar-refractivity contribution in [3.63, 3.8) is 0 Å². The molecule has 1 amide bonds. The molecule has 2 saturated carbocycles. The van der Waals surface area contributed by atoms with E-state index in [0.29, 0.717) is 6.54 Å². The summed E-state index contributed by atoms with van der Waals surface area (Å²) in [4.78, 5) is 14.3. The first-order chi connectivity index (χ1) is 9.53. The first kappa shape index (κ1) is 15.7. The predicted molar refractivity (Wildman–Crippen MR) is 72.6 cm³/mol. The van der Waals surface area contributed by atoms with Gasteiger partial charge in [-0.05, 0) is 25.7 Å². The lowest BCUT2D eigenvalue weighted by molar-refractivity contribution is -0.143. The molecule has 0 saturated heterocycles. The van der Waals surface area contributed by atoms with Gasteiger partial charge in [0.25, 0.3) is 0 Å². The Balaban J connectivity index is 1.96. The molecule has 0 unspecified atom stereocenters. The van der Waals surface area contributed by atoms with Crippen LogP contribution < -0.4 is 0 Å². The molecule has 1 N–H and O–H groups in total. The lowest BCUT2D eigenvalue weighted by Crippen LogP contribution is -2.47. The minimum absolute atomic E-state index is 0.0125. The Bertz CT molecular complexity index is 320. The van der Waals surface area contributed by atoms with Crippen molar-refractivity contribution in [2.24, 2.45) is 5.92 Å². The van der Waals surface area contributed by atoms with Gasteiger partial charge in [-0.15, -0.1) is 0 Å². The van der Waals surface area contributed by atoms with Crippen LogP contribution in [0.25, 0.3) is 0 Å². The molecule has 2 aliphatic carbocycles. The van der Waals surface area contributed by atoms with Crippen molar-refractivity contribution in [3.05, 3.63) is 0 Å². The monoisotopic (exact) mass is 289 g/mol. The maximum absolute atomic E-state index is 13.2. The number of carbonyl (C=O) groups excluding carboxylic acids is 1. The fourth-order valence-corrected chi connectivity index (χ4v) is 3.49. The second kappa shape index (κ2) is 6.83. The number of nitrogens with zero attached hydrogens (tertiary/aromatic N) is 1. The van der Waals surface area contributed by atoms with E-state index < -0.39 is 5.92 Å². The Morgan fingerprint density at radius 2 is 1.70 bits per heavy atom. The molecular formula is C15H25F2NO2. The first-order valence-electron chi connectivity index (χ1n) is 7.83. The Morgan fingerprint density at radius 3 is 2.25 bits per heavy atom. The molecule has 116 valence electrons. The quantitative estimate of drug-likeness (QED) is 0.864. The molecule has 0 aromatic rings. The minimum atomic E-state index is -2.59. The molecule has 0 aliphatic heterocycles. The standard InChI is InChI=1S/C15H25F2NO2/c16-15(17)8-6-12(7-9-15)14(20)18(10-11-19)13-4-2-1-3-5-13/h12-13,19H,1-11H2. The number of aliphatic hydroxyl groups excluding tert-OH is 1. The van der Waals surface area contributed by atoms with Crippen molar-refractivity contribution in [2.75, 3.05) is 13.2 Å². The Labute approximate surface area is 119 Å². The molecule has 0 aromatic heterocycles. The van der Waals surface area contributed by atoms with Crippen LogP contribution in [0.5, 0.6) is 0 Å². The number of aliphatic hydroxyl groups is 1. The van der Waals surface area contributed by atoms with Gasteiger partial charge >= 0.3 is 0 Å². The van der Waals surface area contributed by atoms with Gasteiger partial charge in [-0.2, -0.15) is 0 Å². The van der Waals surface area contributed by atoms with E-state index >= 15 is 0 Å². The number of alkyl halides is 2. The first-order valence-corrected chi connectivity index (χ1v) is 7.83. The number of carbonyl (C=O) groups is 1. The summed E-state index contributed by atoms with van der Waals surface area (Å²) < 4.78 is 26.4. The van der Waals surface area contributed by atoms with Gasteiger partial charge in [-0.3, -0.25) is 4.79 Å². The molecule has 2 rings (SSSR count). The van der Waals surface area contributed by atoms with Crippen LogP contribution in [-0.2, 0) is 4.79 Å². The second-order valence-corrected chi connectivity index (χ2v) is 6.18. The molecule has 0 heterocycles. The number of hydrogen-bond donors (Lipinski definition) is 1. The summed E-state index contributed by atoms with van der Waals surface area (Å²) in [6, 6.07) is 0.200. The summed E-state index contributed by atoms with van der Waals surface area (Å²) >= 11 is 0. The number of rotatable bonds is 4. The largest absolute Gasteiger partial charge is 0.395 e. The van der Waals surface area contributed by atoms with E-state index in [1.54, 1.807) is 4.90 Å². The van der Waals surface area contributed by atoms with Crippen LogP contribution in [0.15, 0.2) is 0 Å². The van der Waals surface area contributed by atoms with Crippen LogP contribution in [0.4, 0.5) is 8.78 Å². The average Bonchev–Trinajstić information content (AvgIpc) is 2.45. The maximum Gasteiger partial charge on any atom is 0.248 e. The van der Waals surface area contributed by atoms with E-state index in [9.17, 15) is 18.7 Å². The van der Waals surface area contributed by atoms with Gasteiger partial charge in [0.2, 0.25) is 11.8 Å². The third-order valence-electron chi connectivity index (χ3n) is 4.71. The molecule has 0 atom stereocenters. The molecule has 5 heteroatoms. The van der Waals surface area contributed by atoms with Crippen molar-refractivity contribution in [2.45, 2.75) is 69.8 Å². The van der Waals surface area contributed by atoms with Crippen molar-refractivity contribution in [1.29, 1.82) is 0 Å². The molecule has 2 aliphatic rings. The van der Waals surface area contributed by atoms with Crippen LogP contribution in [0, 0.1) is 5.92 Å². The zero-order valence-electron chi connectivity index (χ0n) is 12.0. The van der Waals surface area contributed by atoms with Gasteiger partial charge in [0, 0.05) is 31.3 Å². The Morgan fingerprint density at radius 1 is 1.10 bits per heavy atom. The fraction of sp³-hybridized carbons (Fsp3) is 0.933. The third kappa shape index (κ3) is 3.90. The maximum atomic E-state index is 13.2. The predicted octanol–water partition coefficient (Wildman–Crippen LogP) is 2.97. The topological polar surface area (TPSA) is 40.5 Å². The van der Waals surface area contributed by atoms with Crippen LogP contribution in [0.2, 0.25) is 0 Å². The minimum Gasteiger partial charge on any atom is -0.395 e. The Kier molecular flexibility index (Phi) is 5.35. The average molecular weight is 289 g/mol. The van der Waals surface area contributed by atoms with Gasteiger partial charge in [-0.1, -0.05) is 19.3 Å². The van der Waals surface area contributed by atoms with E-state index in [4.69, 9.17) is 0 Å². The normalized spacial score (nSPS) is 24.6. The highest BCUT2D eigenvalue weighted by atomic mass is 19.3. The van der Waals surface area contributed by atoms with Crippen LogP contribution in [-0.4, -0.2) is 41.0 Å². The van der Waals surface area contributed by atoms with Crippen molar-refractivity contribution < 1.29 is 18.7 Å². The number of halogens is 2. The lowest BCUT2D eigenvalue weighted by atomic mass is 9.84. The zero-order valence-corrected chi connectivity index (χ0v) is 12.0. The number of amides is 1. The van der Waals surface area contributed by atoms with E-state index in [-0.39, 0.29) is 50.2 Å². The zero-order chi connectivity index (χ0) is 14.6. The molecule has 2 fully saturated rings. The molecular weight excluding hydrogens is 264 g/mol. The van der Waals surface area contributed by atoms with Crippen LogP contribution >= 0.6 is 0 Å². The summed E-state index contributed by atoms with van der Waals surface area (Å²) in [5, 5.41) is 9.18. The molecule has 0 bridgehead atoms. The third-order valence-corrected chi connectivity index (χ3v) is 4.71. The van der Waals surface area contributed by atoms with E-state index in [1.807, 2.05) is 0 Å². The molecule has 0 aromatic carbocycles. The van der Waals surface area contributed by atoms with Crippen molar-refractivity contribution in [3.8, 4) is 0 Å². The van der Waals surface area contributed by atoms with Gasteiger partial charge in [0.1, 0.15) is 0 Å². The van der Waals surface area contributed by atoms with Crippen molar-refractivity contribution in [1.82, 2.24) is 4.90 Å². The van der Waals surface area contributed by atoms with Crippen LogP contribution in [0.3, 0.4) is 0 Å². The number of hydrogen-bond acceptors (Lipinski definition) is 2. The summed E-state index contributed by atoms with van der Waals surface area (Å²) in [5.41, 5.74) is 0. The lowest BCUT2D eigenvalue weighted by Gasteiger charge is -2.38. The molecule has 0 radical (unpaired) electrons. The highest BCUT2D eigenvalue weighted by molar-refractivity contribution is 5.79. The van der Waals surface area contributed by atoms with E-state index in [1.165, 1.54) is 6.42 Å². The van der Waals surface area contributed by atoms with E-state index in [0.717, 1.165) is 25.7 Å². The smallest absolute Gasteiger partial charge is 0.248 e. The van der Waals surface area contributed by atoms with E-state index in [2.05, 4.69) is 0 Å².